The maximum Gasteiger partial charge on any atom is 0.419 e. The van der Waals surface area contributed by atoms with Crippen molar-refractivity contribution in [3.8, 4) is 0 Å². The Labute approximate surface area is 170 Å². The highest BCUT2D eigenvalue weighted by Crippen LogP contribution is 2.33. The first-order chi connectivity index (χ1) is 13.6. The lowest BCUT2D eigenvalue weighted by atomic mass is 10.1. The molecule has 154 valence electrons. The zero-order chi connectivity index (χ0) is 20.9. The molecule has 1 saturated heterocycles. The van der Waals surface area contributed by atoms with Gasteiger partial charge < -0.3 is 9.80 Å². The van der Waals surface area contributed by atoms with Gasteiger partial charge in [-0.25, -0.2) is 9.97 Å². The Kier molecular flexibility index (Phi) is 4.88. The quantitative estimate of drug-likeness (QED) is 0.736. The molecule has 6 nitrogen and oxygen atoms in total. The molecule has 29 heavy (non-hydrogen) atoms. The standard InChI is InChI=1S/C19H19ClF3N5O/c1-10-14-8-28(9-15(14)26-11(2)16(10)20)17(29)12-3-4-27(7-12)18-24-5-13(6-25-18)19(21,22)23/h5-6,12H,3-4,7-9H2,1-2H3/t12-/m1/s1. The van der Waals surface area contributed by atoms with Crippen LogP contribution in [0.4, 0.5) is 19.1 Å². The first-order valence-electron chi connectivity index (χ1n) is 9.22. The number of pyridine rings is 1. The van der Waals surface area contributed by atoms with Crippen molar-refractivity contribution >= 4 is 23.5 Å². The van der Waals surface area contributed by atoms with E-state index in [1.165, 1.54) is 0 Å². The van der Waals surface area contributed by atoms with Crippen molar-refractivity contribution < 1.29 is 18.0 Å². The van der Waals surface area contributed by atoms with Crippen LogP contribution in [0, 0.1) is 19.8 Å². The molecule has 2 aliphatic rings. The van der Waals surface area contributed by atoms with Crippen LogP contribution in [0.5, 0.6) is 0 Å². The number of fused-ring (bicyclic) bond motifs is 1. The van der Waals surface area contributed by atoms with Gasteiger partial charge in [0, 0.05) is 32.0 Å². The van der Waals surface area contributed by atoms with Gasteiger partial charge >= 0.3 is 6.18 Å². The summed E-state index contributed by atoms with van der Waals surface area (Å²) in [5.41, 5.74) is 2.69. The Morgan fingerprint density at radius 1 is 1.21 bits per heavy atom. The highest BCUT2D eigenvalue weighted by molar-refractivity contribution is 6.32. The molecule has 2 aliphatic heterocycles. The molecule has 1 atom stereocenters. The van der Waals surface area contributed by atoms with Crippen LogP contribution in [0.3, 0.4) is 0 Å². The number of carbonyl (C=O) groups is 1. The van der Waals surface area contributed by atoms with Crippen LogP contribution < -0.4 is 4.90 Å². The summed E-state index contributed by atoms with van der Waals surface area (Å²) in [5, 5.41) is 0.629. The van der Waals surface area contributed by atoms with Gasteiger partial charge in [-0.1, -0.05) is 11.6 Å². The summed E-state index contributed by atoms with van der Waals surface area (Å²) >= 11 is 6.29. The van der Waals surface area contributed by atoms with Gasteiger partial charge in [0.2, 0.25) is 11.9 Å². The fourth-order valence-electron chi connectivity index (χ4n) is 3.90. The third-order valence-corrected chi connectivity index (χ3v) is 6.09. The van der Waals surface area contributed by atoms with E-state index in [-0.39, 0.29) is 17.8 Å². The Morgan fingerprint density at radius 2 is 1.90 bits per heavy atom. The van der Waals surface area contributed by atoms with Crippen molar-refractivity contribution in [2.75, 3.05) is 18.0 Å². The van der Waals surface area contributed by atoms with Crippen LogP contribution >= 0.6 is 11.6 Å². The number of nitrogens with zero attached hydrogens (tertiary/aromatic N) is 5. The van der Waals surface area contributed by atoms with Crippen LogP contribution in [0.15, 0.2) is 12.4 Å². The number of anilines is 1. The first-order valence-corrected chi connectivity index (χ1v) is 9.60. The van der Waals surface area contributed by atoms with E-state index in [1.807, 2.05) is 13.8 Å². The van der Waals surface area contributed by atoms with E-state index in [9.17, 15) is 18.0 Å². The van der Waals surface area contributed by atoms with Crippen LogP contribution in [0.25, 0.3) is 0 Å². The van der Waals surface area contributed by atoms with Crippen molar-refractivity contribution in [3.05, 3.63) is 45.5 Å². The molecule has 0 bridgehead atoms. The van der Waals surface area contributed by atoms with Crippen LogP contribution in [0.2, 0.25) is 5.02 Å². The van der Waals surface area contributed by atoms with Gasteiger partial charge in [-0.2, -0.15) is 13.2 Å². The second-order valence-electron chi connectivity index (χ2n) is 7.46. The Morgan fingerprint density at radius 3 is 2.55 bits per heavy atom. The topological polar surface area (TPSA) is 62.2 Å². The number of aromatic nitrogens is 3. The Hall–Kier alpha value is -2.42. The maximum atomic E-state index is 13.0. The molecule has 1 amide bonds. The fourth-order valence-corrected chi connectivity index (χ4v) is 4.05. The summed E-state index contributed by atoms with van der Waals surface area (Å²) in [7, 11) is 0. The van der Waals surface area contributed by atoms with Crippen molar-refractivity contribution in [2.24, 2.45) is 5.92 Å². The molecule has 0 aliphatic carbocycles. The molecule has 4 rings (SSSR count). The van der Waals surface area contributed by atoms with Crippen LogP contribution in [-0.2, 0) is 24.1 Å². The number of alkyl halides is 3. The molecule has 0 spiro atoms. The Balaban J connectivity index is 1.43. The van der Waals surface area contributed by atoms with Crippen LogP contribution in [-0.4, -0.2) is 38.8 Å². The number of amides is 1. The van der Waals surface area contributed by atoms with Gasteiger partial charge in [0.15, 0.2) is 0 Å². The second kappa shape index (κ2) is 7.12. The smallest absolute Gasteiger partial charge is 0.340 e. The molecule has 10 heteroatoms. The highest BCUT2D eigenvalue weighted by Gasteiger charge is 2.36. The summed E-state index contributed by atoms with van der Waals surface area (Å²) < 4.78 is 38.0. The van der Waals surface area contributed by atoms with Crippen molar-refractivity contribution in [2.45, 2.75) is 39.5 Å². The van der Waals surface area contributed by atoms with Gasteiger partial charge in [-0.15, -0.1) is 0 Å². The lowest BCUT2D eigenvalue weighted by molar-refractivity contribution is -0.138. The van der Waals surface area contributed by atoms with Crippen LogP contribution in [0.1, 0.15) is 34.5 Å². The van der Waals surface area contributed by atoms with E-state index in [4.69, 9.17) is 11.6 Å². The van der Waals surface area contributed by atoms with Crippen molar-refractivity contribution in [3.63, 3.8) is 0 Å². The zero-order valence-corrected chi connectivity index (χ0v) is 16.7. The predicted molar refractivity (Wildman–Crippen MR) is 100 cm³/mol. The number of carbonyl (C=O) groups excluding carboxylic acids is 1. The van der Waals surface area contributed by atoms with Gasteiger partial charge in [-0.3, -0.25) is 9.78 Å². The number of aryl methyl sites for hydroxylation is 1. The minimum Gasteiger partial charge on any atom is -0.340 e. The number of rotatable bonds is 2. The third kappa shape index (κ3) is 3.63. The van der Waals surface area contributed by atoms with Gasteiger partial charge in [0.05, 0.1) is 34.4 Å². The van der Waals surface area contributed by atoms with Gasteiger partial charge in [0.1, 0.15) is 0 Å². The van der Waals surface area contributed by atoms with Gasteiger partial charge in [0.25, 0.3) is 0 Å². The normalized spacial score (nSPS) is 19.0. The lowest BCUT2D eigenvalue weighted by Crippen LogP contribution is -2.34. The average Bonchev–Trinajstić information content (AvgIpc) is 3.33. The van der Waals surface area contributed by atoms with Gasteiger partial charge in [-0.05, 0) is 31.4 Å². The minimum atomic E-state index is -4.47. The number of hydrogen-bond acceptors (Lipinski definition) is 5. The zero-order valence-electron chi connectivity index (χ0n) is 15.9. The first kappa shape index (κ1) is 19.9. The second-order valence-corrected chi connectivity index (χ2v) is 7.83. The molecule has 0 N–H and O–H groups in total. The molecule has 0 saturated carbocycles. The van der Waals surface area contributed by atoms with E-state index < -0.39 is 11.7 Å². The predicted octanol–water partition coefficient (Wildman–Crippen LogP) is 3.53. The largest absolute Gasteiger partial charge is 0.419 e. The fraction of sp³-hybridized carbons (Fsp3) is 0.474. The summed E-state index contributed by atoms with van der Waals surface area (Å²) in [6.07, 6.45) is -2.33. The molecule has 1 fully saturated rings. The minimum absolute atomic E-state index is 0.00517. The average molecular weight is 426 g/mol. The molecule has 4 heterocycles. The lowest BCUT2D eigenvalue weighted by Gasteiger charge is -2.20. The molecule has 2 aromatic rings. The monoisotopic (exact) mass is 425 g/mol. The van der Waals surface area contributed by atoms with E-state index in [0.717, 1.165) is 34.9 Å². The summed E-state index contributed by atoms with van der Waals surface area (Å²) in [5.74, 6) is -0.0457. The maximum absolute atomic E-state index is 13.0. The molecular formula is C19H19ClF3N5O. The van der Waals surface area contributed by atoms with Crippen molar-refractivity contribution in [1.29, 1.82) is 0 Å². The van der Waals surface area contributed by atoms with Crippen molar-refractivity contribution in [1.82, 2.24) is 19.9 Å². The molecule has 0 aromatic carbocycles. The summed E-state index contributed by atoms with van der Waals surface area (Å²) in [6.45, 7) is 5.59. The molecular weight excluding hydrogens is 407 g/mol. The Bertz CT molecular complexity index is 964. The van der Waals surface area contributed by atoms with E-state index in [1.54, 1.807) is 9.80 Å². The van der Waals surface area contributed by atoms with E-state index >= 15 is 0 Å². The number of hydrogen-bond donors (Lipinski definition) is 0. The van der Waals surface area contributed by atoms with E-state index in [2.05, 4.69) is 15.0 Å². The number of halogens is 4. The SMILES string of the molecule is Cc1nc2c(c(C)c1Cl)CN(C(=O)[C@@H]1CCN(c3ncc(C(F)(F)F)cn3)C1)C2. The summed E-state index contributed by atoms with van der Waals surface area (Å²) in [6, 6.07) is 0. The highest BCUT2D eigenvalue weighted by atomic mass is 35.5. The van der Waals surface area contributed by atoms with E-state index in [0.29, 0.717) is 37.6 Å². The third-order valence-electron chi connectivity index (χ3n) is 5.54. The summed E-state index contributed by atoms with van der Waals surface area (Å²) in [4.78, 5) is 28.7. The molecule has 2 aromatic heterocycles. The molecule has 0 radical (unpaired) electrons. The molecule has 0 unspecified atom stereocenters.